The number of amides is 2. The minimum absolute atomic E-state index is 0.00858. The summed E-state index contributed by atoms with van der Waals surface area (Å²) >= 11 is 5.33. The molecule has 0 spiro atoms. The van der Waals surface area contributed by atoms with Gasteiger partial charge in [0.05, 0.1) is 5.69 Å². The van der Waals surface area contributed by atoms with Gasteiger partial charge in [-0.1, -0.05) is 66.2 Å². The Morgan fingerprint density at radius 2 is 1.47 bits per heavy atom. The van der Waals surface area contributed by atoms with Crippen molar-refractivity contribution in [2.75, 3.05) is 4.90 Å². The van der Waals surface area contributed by atoms with Gasteiger partial charge in [0, 0.05) is 0 Å². The Morgan fingerprint density at radius 1 is 0.778 bits per heavy atom. The normalized spacial score (nSPS) is 14.6. The molecule has 2 amide bonds. The van der Waals surface area contributed by atoms with Crippen LogP contribution in [0.4, 0.5) is 5.69 Å². The van der Waals surface area contributed by atoms with E-state index in [1.165, 1.54) is 10.5 Å². The summed E-state index contributed by atoms with van der Waals surface area (Å²) in [6.07, 6.45) is 1.59. The molecule has 0 atom stereocenters. The van der Waals surface area contributed by atoms with E-state index in [4.69, 9.17) is 17.0 Å². The fourth-order valence-electron chi connectivity index (χ4n) is 3.90. The summed E-state index contributed by atoms with van der Waals surface area (Å²) in [4.78, 5) is 27.4. The molecule has 0 saturated carbocycles. The Bertz CT molecular complexity index is 1480. The van der Waals surface area contributed by atoms with E-state index < -0.39 is 11.8 Å². The van der Waals surface area contributed by atoms with Gasteiger partial charge >= 0.3 is 0 Å². The van der Waals surface area contributed by atoms with E-state index in [1.807, 2.05) is 85.8 Å². The Labute approximate surface area is 214 Å². The van der Waals surface area contributed by atoms with Gasteiger partial charge in [-0.25, -0.2) is 0 Å². The molecule has 1 fully saturated rings. The molecule has 0 unspecified atom stereocenters. The average molecular weight is 491 g/mol. The van der Waals surface area contributed by atoms with Gasteiger partial charge in [-0.15, -0.1) is 0 Å². The zero-order chi connectivity index (χ0) is 25.1. The lowest BCUT2D eigenvalue weighted by Gasteiger charge is -2.29. The molecule has 1 aliphatic rings. The maximum atomic E-state index is 13.4. The number of carbonyl (C=O) groups excluding carboxylic acids is 2. The Balaban J connectivity index is 1.41. The number of rotatable bonds is 5. The number of hydrogen-bond acceptors (Lipinski definition) is 4. The Kier molecular flexibility index (Phi) is 6.43. The zero-order valence-corrected chi connectivity index (χ0v) is 20.3. The summed E-state index contributed by atoms with van der Waals surface area (Å²) in [5.41, 5.74) is 4.51. The predicted molar refractivity (Wildman–Crippen MR) is 146 cm³/mol. The highest BCUT2D eigenvalue weighted by molar-refractivity contribution is 7.80. The number of aryl methyl sites for hydroxylation is 1. The molecule has 1 N–H and O–H groups in total. The third kappa shape index (κ3) is 4.94. The summed E-state index contributed by atoms with van der Waals surface area (Å²) < 4.78 is 5.83. The second kappa shape index (κ2) is 9.98. The molecule has 1 saturated heterocycles. The number of carbonyl (C=O) groups is 2. The van der Waals surface area contributed by atoms with E-state index in [1.54, 1.807) is 30.3 Å². The second-order valence-electron chi connectivity index (χ2n) is 8.36. The Hall–Kier alpha value is -4.55. The van der Waals surface area contributed by atoms with Crippen LogP contribution in [0.5, 0.6) is 11.5 Å². The summed E-state index contributed by atoms with van der Waals surface area (Å²) in [7, 11) is 0. The highest BCUT2D eigenvalue weighted by Crippen LogP contribution is 2.28. The van der Waals surface area contributed by atoms with Crippen molar-refractivity contribution in [3.63, 3.8) is 0 Å². The lowest BCUT2D eigenvalue weighted by atomic mass is 10.00. The van der Waals surface area contributed by atoms with Crippen LogP contribution in [0, 0.1) is 6.92 Å². The van der Waals surface area contributed by atoms with E-state index in [0.717, 1.165) is 16.7 Å². The van der Waals surface area contributed by atoms with Crippen LogP contribution in [0.15, 0.2) is 109 Å². The third-order valence-corrected chi connectivity index (χ3v) is 6.04. The van der Waals surface area contributed by atoms with Crippen molar-refractivity contribution in [1.29, 1.82) is 0 Å². The molecular weight excluding hydrogens is 468 g/mol. The topological polar surface area (TPSA) is 58.6 Å². The summed E-state index contributed by atoms with van der Waals surface area (Å²) in [5, 5.41) is 2.67. The van der Waals surface area contributed by atoms with E-state index in [-0.39, 0.29) is 10.7 Å². The van der Waals surface area contributed by atoms with Gasteiger partial charge in [0.2, 0.25) is 0 Å². The van der Waals surface area contributed by atoms with Crippen molar-refractivity contribution in [2.24, 2.45) is 0 Å². The molecule has 176 valence electrons. The van der Waals surface area contributed by atoms with E-state index >= 15 is 0 Å². The third-order valence-electron chi connectivity index (χ3n) is 5.76. The second-order valence-corrected chi connectivity index (χ2v) is 8.75. The van der Waals surface area contributed by atoms with E-state index in [2.05, 4.69) is 5.32 Å². The highest BCUT2D eigenvalue weighted by Gasteiger charge is 2.34. The maximum Gasteiger partial charge on any atom is 0.270 e. The van der Waals surface area contributed by atoms with E-state index in [0.29, 0.717) is 17.2 Å². The van der Waals surface area contributed by atoms with Crippen LogP contribution < -0.4 is 15.0 Å². The predicted octanol–water partition coefficient (Wildman–Crippen LogP) is 6.29. The average Bonchev–Trinajstić information content (AvgIpc) is 2.89. The number of benzene rings is 4. The van der Waals surface area contributed by atoms with Gasteiger partial charge in [-0.3, -0.25) is 19.8 Å². The van der Waals surface area contributed by atoms with Crippen LogP contribution in [0.25, 0.3) is 17.2 Å². The molecule has 4 aromatic rings. The number of nitrogens with one attached hydrogen (secondary N) is 1. The SMILES string of the molecule is Cc1ccc(-c2cccc(C=C3C(=O)NC(=S)N(c4ccc(Oc5ccccc5)cc4)C3=O)c2)cc1. The number of para-hydroxylation sites is 1. The van der Waals surface area contributed by atoms with Crippen LogP contribution in [0.1, 0.15) is 11.1 Å². The van der Waals surface area contributed by atoms with Crippen LogP contribution >= 0.6 is 12.2 Å². The largest absolute Gasteiger partial charge is 0.457 e. The van der Waals surface area contributed by atoms with Crippen LogP contribution in [-0.2, 0) is 9.59 Å². The van der Waals surface area contributed by atoms with Crippen molar-refractivity contribution in [3.05, 3.63) is 120 Å². The number of hydrogen-bond donors (Lipinski definition) is 1. The lowest BCUT2D eigenvalue weighted by Crippen LogP contribution is -2.54. The fraction of sp³-hybridized carbons (Fsp3) is 0.0333. The van der Waals surface area contributed by atoms with Gasteiger partial charge in [0.15, 0.2) is 5.11 Å². The molecule has 4 aromatic carbocycles. The first-order valence-electron chi connectivity index (χ1n) is 11.4. The quantitative estimate of drug-likeness (QED) is 0.203. The van der Waals surface area contributed by atoms with Crippen molar-refractivity contribution >= 4 is 40.9 Å². The highest BCUT2D eigenvalue weighted by atomic mass is 32.1. The lowest BCUT2D eigenvalue weighted by molar-refractivity contribution is -0.122. The van der Waals surface area contributed by atoms with Crippen molar-refractivity contribution in [1.82, 2.24) is 5.32 Å². The molecule has 0 aromatic heterocycles. The van der Waals surface area contributed by atoms with Crippen LogP contribution in [-0.4, -0.2) is 16.9 Å². The molecule has 36 heavy (non-hydrogen) atoms. The minimum Gasteiger partial charge on any atom is -0.457 e. The number of nitrogens with zero attached hydrogens (tertiary/aromatic N) is 1. The first-order chi connectivity index (χ1) is 17.5. The first-order valence-corrected chi connectivity index (χ1v) is 11.8. The molecule has 5 rings (SSSR count). The molecule has 0 bridgehead atoms. The van der Waals surface area contributed by atoms with Gasteiger partial charge < -0.3 is 4.74 Å². The molecule has 5 nitrogen and oxygen atoms in total. The number of thiocarbonyl (C=S) groups is 1. The fourth-order valence-corrected chi connectivity index (χ4v) is 4.18. The molecular formula is C30H22N2O3S. The standard InChI is InChI=1S/C30H22N2O3S/c1-20-10-12-22(13-11-20)23-7-5-6-21(18-23)19-27-28(33)31-30(36)32(29(27)34)24-14-16-26(17-15-24)35-25-8-3-2-4-9-25/h2-19H,1H3,(H,31,33,36). The summed E-state index contributed by atoms with van der Waals surface area (Å²) in [6, 6.07) is 32.3. The Morgan fingerprint density at radius 3 is 2.19 bits per heavy atom. The minimum atomic E-state index is -0.522. The molecule has 1 aliphatic heterocycles. The van der Waals surface area contributed by atoms with Crippen molar-refractivity contribution < 1.29 is 14.3 Å². The molecule has 1 heterocycles. The van der Waals surface area contributed by atoms with Gasteiger partial charge in [0.25, 0.3) is 11.8 Å². The smallest absolute Gasteiger partial charge is 0.270 e. The number of anilines is 1. The van der Waals surface area contributed by atoms with Gasteiger partial charge in [0.1, 0.15) is 17.1 Å². The van der Waals surface area contributed by atoms with Crippen molar-refractivity contribution in [2.45, 2.75) is 6.92 Å². The van der Waals surface area contributed by atoms with Crippen LogP contribution in [0.3, 0.4) is 0 Å². The van der Waals surface area contributed by atoms with Crippen LogP contribution in [0.2, 0.25) is 0 Å². The molecule has 6 heteroatoms. The molecule has 0 aliphatic carbocycles. The maximum absolute atomic E-state index is 13.4. The van der Waals surface area contributed by atoms with Crippen molar-refractivity contribution in [3.8, 4) is 22.6 Å². The van der Waals surface area contributed by atoms with Gasteiger partial charge in [-0.2, -0.15) is 0 Å². The first kappa shape index (κ1) is 23.2. The number of ether oxygens (including phenoxy) is 1. The summed E-state index contributed by atoms with van der Waals surface area (Å²) in [5.74, 6) is 0.320. The van der Waals surface area contributed by atoms with Gasteiger partial charge in [-0.05, 0) is 84.4 Å². The molecule has 0 radical (unpaired) electrons. The zero-order valence-electron chi connectivity index (χ0n) is 19.5. The summed E-state index contributed by atoms with van der Waals surface area (Å²) in [6.45, 7) is 2.04. The van der Waals surface area contributed by atoms with E-state index in [9.17, 15) is 9.59 Å². The monoisotopic (exact) mass is 490 g/mol.